The van der Waals surface area contributed by atoms with E-state index in [0.29, 0.717) is 78.9 Å². The van der Waals surface area contributed by atoms with Crippen molar-refractivity contribution in [3.63, 3.8) is 0 Å². The fourth-order valence-electron chi connectivity index (χ4n) is 2.02. The van der Waals surface area contributed by atoms with Gasteiger partial charge in [-0.2, -0.15) is 10.5 Å². The van der Waals surface area contributed by atoms with Crippen LogP contribution >= 0.6 is 0 Å². The van der Waals surface area contributed by atoms with E-state index in [1.807, 2.05) is 12.1 Å². The van der Waals surface area contributed by atoms with Gasteiger partial charge in [0.1, 0.15) is 12.2 Å². The third kappa shape index (κ3) is 21.4. The minimum absolute atomic E-state index is 0.0157. The lowest BCUT2D eigenvalue weighted by atomic mass is 10.2. The van der Waals surface area contributed by atoms with Crippen LogP contribution in [0.25, 0.3) is 0 Å². The minimum atomic E-state index is -1.05. The molecule has 174 valence electrons. The highest BCUT2D eigenvalue weighted by Crippen LogP contribution is 1.97. The second kappa shape index (κ2) is 23.9. The van der Waals surface area contributed by atoms with Crippen LogP contribution in [0.15, 0.2) is 0 Å². The van der Waals surface area contributed by atoms with Gasteiger partial charge >= 0.3 is 0 Å². The normalized spacial score (nSPS) is 12.9. The molecule has 0 bridgehead atoms. The van der Waals surface area contributed by atoms with Gasteiger partial charge in [0.05, 0.1) is 78.2 Å². The first-order chi connectivity index (χ1) is 14.7. The summed E-state index contributed by atoms with van der Waals surface area (Å²) in [6.07, 6.45) is 0.325. The van der Waals surface area contributed by atoms with Gasteiger partial charge in [-0.1, -0.05) is 0 Å². The Morgan fingerprint density at radius 3 is 1.13 bits per heavy atom. The van der Waals surface area contributed by atoms with Crippen LogP contribution in [-0.4, -0.2) is 102 Å². The van der Waals surface area contributed by atoms with Crippen LogP contribution in [0.3, 0.4) is 0 Å². The number of rotatable bonds is 23. The molecular formula is C20H36N2O8. The van der Waals surface area contributed by atoms with Gasteiger partial charge in [-0.15, -0.1) is 0 Å². The summed E-state index contributed by atoms with van der Waals surface area (Å²) in [5.41, 5.74) is 0. The number of hydrogen-bond donors (Lipinski definition) is 2. The molecule has 0 saturated heterocycles. The molecule has 0 aliphatic rings. The van der Waals surface area contributed by atoms with Gasteiger partial charge < -0.3 is 38.6 Å². The SMILES string of the molecule is N#CCCCOCCOCCOCC(O)C(O)COCCOCCOCCCC#N. The molecule has 0 rings (SSSR count). The van der Waals surface area contributed by atoms with Crippen molar-refractivity contribution < 1.29 is 38.6 Å². The first-order valence-electron chi connectivity index (χ1n) is 10.3. The van der Waals surface area contributed by atoms with Crippen LogP contribution in [0.4, 0.5) is 0 Å². The number of ether oxygens (including phenoxy) is 6. The minimum Gasteiger partial charge on any atom is -0.388 e. The van der Waals surface area contributed by atoms with Crippen LogP contribution < -0.4 is 0 Å². The number of aliphatic hydroxyl groups excluding tert-OH is 2. The number of hydrogen-bond acceptors (Lipinski definition) is 10. The zero-order chi connectivity index (χ0) is 22.1. The van der Waals surface area contributed by atoms with Crippen molar-refractivity contribution in [3.8, 4) is 12.1 Å². The second-order valence-electron chi connectivity index (χ2n) is 6.26. The molecule has 0 aromatic rings. The van der Waals surface area contributed by atoms with E-state index in [9.17, 15) is 10.2 Å². The van der Waals surface area contributed by atoms with E-state index in [4.69, 9.17) is 38.9 Å². The quantitative estimate of drug-likeness (QED) is 0.218. The molecule has 2 atom stereocenters. The fourth-order valence-corrected chi connectivity index (χ4v) is 2.02. The fraction of sp³-hybridized carbons (Fsp3) is 0.900. The van der Waals surface area contributed by atoms with E-state index in [1.165, 1.54) is 0 Å². The van der Waals surface area contributed by atoms with E-state index in [2.05, 4.69) is 0 Å². The number of unbranched alkanes of at least 4 members (excludes halogenated alkanes) is 2. The Balaban J connectivity index is 3.31. The van der Waals surface area contributed by atoms with E-state index < -0.39 is 12.2 Å². The monoisotopic (exact) mass is 432 g/mol. The predicted molar refractivity (Wildman–Crippen MR) is 107 cm³/mol. The van der Waals surface area contributed by atoms with Gasteiger partial charge in [0.25, 0.3) is 0 Å². The predicted octanol–water partition coefficient (Wildman–Crippen LogP) is 0.415. The molecule has 0 saturated carbocycles. The van der Waals surface area contributed by atoms with Crippen LogP contribution in [0.1, 0.15) is 25.7 Å². The smallest absolute Gasteiger partial charge is 0.105 e. The average Bonchev–Trinajstić information content (AvgIpc) is 2.75. The lowest BCUT2D eigenvalue weighted by molar-refractivity contribution is -0.0823. The third-order valence-corrected chi connectivity index (χ3v) is 3.66. The molecule has 0 fully saturated rings. The third-order valence-electron chi connectivity index (χ3n) is 3.66. The maximum Gasteiger partial charge on any atom is 0.105 e. The lowest BCUT2D eigenvalue weighted by Gasteiger charge is -2.18. The molecule has 10 heteroatoms. The molecule has 2 N–H and O–H groups in total. The van der Waals surface area contributed by atoms with Crippen LogP contribution in [0.5, 0.6) is 0 Å². The van der Waals surface area contributed by atoms with Crippen molar-refractivity contribution in [3.05, 3.63) is 0 Å². The maximum atomic E-state index is 9.82. The molecular weight excluding hydrogens is 396 g/mol. The van der Waals surface area contributed by atoms with Gasteiger partial charge in [0.2, 0.25) is 0 Å². The highest BCUT2D eigenvalue weighted by molar-refractivity contribution is 4.68. The Kier molecular flexibility index (Phi) is 22.9. The molecule has 30 heavy (non-hydrogen) atoms. The van der Waals surface area contributed by atoms with Crippen molar-refractivity contribution in [2.75, 3.05) is 79.3 Å². The highest BCUT2D eigenvalue weighted by atomic mass is 16.6. The molecule has 0 aliphatic carbocycles. The van der Waals surface area contributed by atoms with Crippen LogP contribution in [-0.2, 0) is 28.4 Å². The van der Waals surface area contributed by atoms with E-state index >= 15 is 0 Å². The van der Waals surface area contributed by atoms with E-state index in [1.54, 1.807) is 0 Å². The molecule has 0 aromatic carbocycles. The number of nitriles is 2. The summed E-state index contributed by atoms with van der Waals surface area (Å²) in [4.78, 5) is 0. The van der Waals surface area contributed by atoms with Gasteiger partial charge in [0.15, 0.2) is 0 Å². The zero-order valence-electron chi connectivity index (χ0n) is 17.7. The maximum absolute atomic E-state index is 9.82. The van der Waals surface area contributed by atoms with Crippen LogP contribution in [0, 0.1) is 22.7 Å². The molecule has 0 radical (unpaired) electrons. The molecule has 0 amide bonds. The molecule has 0 heterocycles. The Morgan fingerprint density at radius 2 is 0.800 bits per heavy atom. The largest absolute Gasteiger partial charge is 0.388 e. The van der Waals surface area contributed by atoms with Crippen molar-refractivity contribution in [1.82, 2.24) is 0 Å². The summed E-state index contributed by atoms with van der Waals surface area (Å²) in [6, 6.07) is 4.10. The summed E-state index contributed by atoms with van der Waals surface area (Å²) < 4.78 is 31.7. The van der Waals surface area contributed by atoms with E-state index in [-0.39, 0.29) is 13.2 Å². The van der Waals surface area contributed by atoms with E-state index in [0.717, 1.165) is 12.8 Å². The Bertz CT molecular complexity index is 402. The summed E-state index contributed by atoms with van der Waals surface area (Å²) >= 11 is 0. The summed E-state index contributed by atoms with van der Waals surface area (Å²) in [5, 5.41) is 36.4. The molecule has 10 nitrogen and oxygen atoms in total. The van der Waals surface area contributed by atoms with Crippen LogP contribution in [0.2, 0.25) is 0 Å². The molecule has 2 unspecified atom stereocenters. The summed E-state index contributed by atoms with van der Waals surface area (Å²) in [6.45, 7) is 4.17. The summed E-state index contributed by atoms with van der Waals surface area (Å²) in [7, 11) is 0. The lowest BCUT2D eigenvalue weighted by Crippen LogP contribution is -2.35. The van der Waals surface area contributed by atoms with Crippen molar-refractivity contribution in [1.29, 1.82) is 10.5 Å². The van der Waals surface area contributed by atoms with Crippen molar-refractivity contribution in [2.45, 2.75) is 37.9 Å². The Morgan fingerprint density at radius 1 is 0.500 bits per heavy atom. The van der Waals surface area contributed by atoms with Crippen molar-refractivity contribution >= 4 is 0 Å². The topological polar surface area (TPSA) is 143 Å². The van der Waals surface area contributed by atoms with Gasteiger partial charge in [0, 0.05) is 26.1 Å². The van der Waals surface area contributed by atoms with Gasteiger partial charge in [-0.3, -0.25) is 0 Å². The molecule has 0 aliphatic heterocycles. The first kappa shape index (κ1) is 28.7. The van der Waals surface area contributed by atoms with Gasteiger partial charge in [-0.05, 0) is 12.8 Å². The average molecular weight is 433 g/mol. The molecule has 0 aromatic heterocycles. The zero-order valence-corrected chi connectivity index (χ0v) is 17.7. The van der Waals surface area contributed by atoms with Gasteiger partial charge in [-0.25, -0.2) is 0 Å². The molecule has 0 spiro atoms. The Hall–Kier alpha value is -1.34. The standard InChI is InChI=1S/C20H36N2O8/c21-5-1-3-7-25-9-11-27-13-15-29-17-19(23)20(24)18-30-16-14-28-12-10-26-8-4-2-6-22/h19-20,23-24H,1-4,7-18H2. The second-order valence-corrected chi connectivity index (χ2v) is 6.26. The summed E-state index contributed by atoms with van der Waals surface area (Å²) in [5.74, 6) is 0. The first-order valence-corrected chi connectivity index (χ1v) is 10.3. The Labute approximate surface area is 179 Å². The number of nitrogens with zero attached hydrogens (tertiary/aromatic N) is 2. The number of aliphatic hydroxyl groups is 2. The van der Waals surface area contributed by atoms with Crippen molar-refractivity contribution in [2.24, 2.45) is 0 Å². The highest BCUT2D eigenvalue weighted by Gasteiger charge is 2.16.